The van der Waals surface area contributed by atoms with Gasteiger partial charge < -0.3 is 24.2 Å². The molecular formula is C21H33NO6. The van der Waals surface area contributed by atoms with Crippen molar-refractivity contribution in [1.82, 2.24) is 4.90 Å². The Morgan fingerprint density at radius 3 is 2.25 bits per heavy atom. The lowest BCUT2D eigenvalue weighted by Gasteiger charge is -2.25. The monoisotopic (exact) mass is 395 g/mol. The molecule has 0 spiro atoms. The van der Waals surface area contributed by atoms with Crippen LogP contribution in [0.25, 0.3) is 0 Å². The maximum Gasteiger partial charge on any atom is 0.410 e. The number of hydrogen-bond donors (Lipinski definition) is 1. The number of ether oxygens (including phenoxy) is 3. The molecule has 0 aliphatic carbocycles. The third kappa shape index (κ3) is 9.08. The molecule has 1 aromatic carbocycles. The first-order chi connectivity index (χ1) is 13.2. The molecule has 0 fully saturated rings. The Kier molecular flexibility index (Phi) is 10.4. The zero-order valence-electron chi connectivity index (χ0n) is 17.5. The molecule has 0 saturated heterocycles. The highest BCUT2D eigenvalue weighted by Crippen LogP contribution is 2.15. The maximum absolute atomic E-state index is 12.2. The van der Waals surface area contributed by atoms with E-state index in [0.717, 1.165) is 5.56 Å². The van der Waals surface area contributed by atoms with Crippen LogP contribution in [0.5, 0.6) is 5.75 Å². The summed E-state index contributed by atoms with van der Waals surface area (Å²) in [7, 11) is 0. The third-order valence-electron chi connectivity index (χ3n) is 3.80. The van der Waals surface area contributed by atoms with Gasteiger partial charge in [0.1, 0.15) is 12.4 Å². The van der Waals surface area contributed by atoms with Crippen molar-refractivity contribution in [3.63, 3.8) is 0 Å². The molecule has 0 aromatic heterocycles. The number of carbonyl (C=O) groups excluding carboxylic acids is 1. The minimum absolute atomic E-state index is 0.165. The zero-order valence-corrected chi connectivity index (χ0v) is 17.5. The van der Waals surface area contributed by atoms with Crippen LogP contribution in [0.4, 0.5) is 4.79 Å². The smallest absolute Gasteiger partial charge is 0.410 e. The summed E-state index contributed by atoms with van der Waals surface area (Å²) >= 11 is 0. The fourth-order valence-electron chi connectivity index (χ4n) is 2.60. The summed E-state index contributed by atoms with van der Waals surface area (Å²) in [6, 6.07) is 7.23. The van der Waals surface area contributed by atoms with E-state index in [1.165, 1.54) is 0 Å². The van der Waals surface area contributed by atoms with Gasteiger partial charge in [0.25, 0.3) is 0 Å². The van der Waals surface area contributed by atoms with Crippen LogP contribution in [0.15, 0.2) is 24.3 Å². The molecule has 1 atom stereocenters. The lowest BCUT2D eigenvalue weighted by Crippen LogP contribution is -2.38. The Hall–Kier alpha value is -2.28. The second kappa shape index (κ2) is 12.2. The highest BCUT2D eigenvalue weighted by molar-refractivity contribution is 5.72. The van der Waals surface area contributed by atoms with Crippen molar-refractivity contribution in [2.75, 3.05) is 26.3 Å². The van der Waals surface area contributed by atoms with E-state index in [9.17, 15) is 9.59 Å². The third-order valence-corrected chi connectivity index (χ3v) is 3.80. The van der Waals surface area contributed by atoms with Gasteiger partial charge in [0, 0.05) is 19.6 Å². The predicted molar refractivity (Wildman–Crippen MR) is 107 cm³/mol. The highest BCUT2D eigenvalue weighted by Gasteiger charge is 2.19. The van der Waals surface area contributed by atoms with Gasteiger partial charge >= 0.3 is 12.1 Å². The molecule has 0 aliphatic rings. The molecule has 0 saturated carbocycles. The first-order valence-corrected chi connectivity index (χ1v) is 9.74. The molecule has 0 radical (unpaired) electrons. The summed E-state index contributed by atoms with van der Waals surface area (Å²) in [6.07, 6.45) is -1.05. The second-order valence-electron chi connectivity index (χ2n) is 7.25. The Balaban J connectivity index is 2.56. The summed E-state index contributed by atoms with van der Waals surface area (Å²) in [5.41, 5.74) is 0.857. The molecule has 158 valence electrons. The fourth-order valence-corrected chi connectivity index (χ4v) is 2.60. The predicted octanol–water partition coefficient (Wildman–Crippen LogP) is 3.60. The largest absolute Gasteiger partial charge is 0.492 e. The summed E-state index contributed by atoms with van der Waals surface area (Å²) in [5, 5.41) is 9.16. The zero-order chi connectivity index (χ0) is 21.1. The van der Waals surface area contributed by atoms with Crippen LogP contribution in [-0.2, 0) is 20.7 Å². The van der Waals surface area contributed by atoms with E-state index in [4.69, 9.17) is 19.3 Å². The summed E-state index contributed by atoms with van der Waals surface area (Å²) in [6.45, 7) is 11.2. The van der Waals surface area contributed by atoms with Crippen LogP contribution in [0, 0.1) is 5.92 Å². The van der Waals surface area contributed by atoms with Gasteiger partial charge in [-0.05, 0) is 44.4 Å². The van der Waals surface area contributed by atoms with E-state index < -0.39 is 12.1 Å². The van der Waals surface area contributed by atoms with Gasteiger partial charge in [-0.2, -0.15) is 0 Å². The van der Waals surface area contributed by atoms with Gasteiger partial charge in [-0.3, -0.25) is 0 Å². The Morgan fingerprint density at radius 2 is 1.75 bits per heavy atom. The molecule has 0 bridgehead atoms. The quantitative estimate of drug-likeness (QED) is 0.582. The molecule has 1 N–H and O–H groups in total. The van der Waals surface area contributed by atoms with Crippen LogP contribution in [0.2, 0.25) is 0 Å². The molecule has 1 rings (SSSR count). The number of rotatable bonds is 12. The minimum Gasteiger partial charge on any atom is -0.492 e. The second-order valence-corrected chi connectivity index (χ2v) is 7.25. The van der Waals surface area contributed by atoms with Crippen LogP contribution >= 0.6 is 0 Å². The SMILES string of the molecule is CCOC(Cc1ccc(OCCN(CC(C)C)C(=O)OC(C)C)cc1)C(=O)O. The van der Waals surface area contributed by atoms with Crippen LogP contribution in [-0.4, -0.2) is 60.6 Å². The van der Waals surface area contributed by atoms with Crippen molar-refractivity contribution in [1.29, 1.82) is 0 Å². The molecule has 0 heterocycles. The standard InChI is InChI=1S/C21H33NO6/c1-6-26-19(20(23)24)13-17-7-9-18(10-8-17)27-12-11-22(14-15(2)3)21(25)28-16(4)5/h7-10,15-16,19H,6,11-14H2,1-5H3,(H,23,24). The number of carboxylic acids is 1. The topological polar surface area (TPSA) is 85.3 Å². The molecule has 7 heteroatoms. The van der Waals surface area contributed by atoms with Crippen molar-refractivity contribution >= 4 is 12.1 Å². The van der Waals surface area contributed by atoms with Gasteiger partial charge in [0.05, 0.1) is 12.6 Å². The fraction of sp³-hybridized carbons (Fsp3) is 0.619. The number of hydrogen-bond acceptors (Lipinski definition) is 5. The number of benzene rings is 1. The lowest BCUT2D eigenvalue weighted by atomic mass is 10.1. The van der Waals surface area contributed by atoms with E-state index in [2.05, 4.69) is 0 Å². The molecule has 0 aliphatic heterocycles. The van der Waals surface area contributed by atoms with Crippen LogP contribution < -0.4 is 4.74 Å². The van der Waals surface area contributed by atoms with E-state index in [1.54, 1.807) is 24.0 Å². The lowest BCUT2D eigenvalue weighted by molar-refractivity contribution is -0.149. The first-order valence-electron chi connectivity index (χ1n) is 9.74. The molecule has 1 amide bonds. The number of amides is 1. The summed E-state index contributed by atoms with van der Waals surface area (Å²) in [5.74, 6) is 0.0148. The van der Waals surface area contributed by atoms with Crippen molar-refractivity contribution < 1.29 is 28.9 Å². The van der Waals surface area contributed by atoms with Crippen molar-refractivity contribution in [2.45, 2.75) is 53.2 Å². The van der Waals surface area contributed by atoms with E-state index >= 15 is 0 Å². The molecular weight excluding hydrogens is 362 g/mol. The van der Waals surface area contributed by atoms with Gasteiger partial charge in [-0.15, -0.1) is 0 Å². The highest BCUT2D eigenvalue weighted by atomic mass is 16.6. The molecule has 1 aromatic rings. The van der Waals surface area contributed by atoms with Crippen LogP contribution in [0.3, 0.4) is 0 Å². The van der Waals surface area contributed by atoms with Gasteiger partial charge in [-0.25, -0.2) is 9.59 Å². The molecule has 28 heavy (non-hydrogen) atoms. The van der Waals surface area contributed by atoms with Crippen molar-refractivity contribution in [2.24, 2.45) is 5.92 Å². The van der Waals surface area contributed by atoms with E-state index in [1.807, 2.05) is 39.8 Å². The Bertz CT molecular complexity index is 599. The summed E-state index contributed by atoms with van der Waals surface area (Å²) in [4.78, 5) is 25.0. The Morgan fingerprint density at radius 1 is 1.11 bits per heavy atom. The average Bonchev–Trinajstić information content (AvgIpc) is 2.60. The van der Waals surface area contributed by atoms with Gasteiger partial charge in [-0.1, -0.05) is 26.0 Å². The van der Waals surface area contributed by atoms with E-state index in [0.29, 0.717) is 44.4 Å². The van der Waals surface area contributed by atoms with Gasteiger partial charge in [0.15, 0.2) is 6.10 Å². The average molecular weight is 395 g/mol. The normalized spacial score (nSPS) is 12.1. The van der Waals surface area contributed by atoms with E-state index in [-0.39, 0.29) is 12.2 Å². The van der Waals surface area contributed by atoms with Crippen molar-refractivity contribution in [3.05, 3.63) is 29.8 Å². The maximum atomic E-state index is 12.2. The summed E-state index contributed by atoms with van der Waals surface area (Å²) < 4.78 is 16.2. The number of carboxylic acid groups (broad SMARTS) is 1. The minimum atomic E-state index is -0.972. The van der Waals surface area contributed by atoms with Crippen LogP contribution in [0.1, 0.15) is 40.2 Å². The Labute approximate surface area is 167 Å². The number of aliphatic carboxylic acids is 1. The first kappa shape index (κ1) is 23.8. The number of carbonyl (C=O) groups is 2. The molecule has 1 unspecified atom stereocenters. The van der Waals surface area contributed by atoms with Gasteiger partial charge in [0.2, 0.25) is 0 Å². The number of nitrogens with zero attached hydrogens (tertiary/aromatic N) is 1. The van der Waals surface area contributed by atoms with Crippen molar-refractivity contribution in [3.8, 4) is 5.75 Å². The molecule has 7 nitrogen and oxygen atoms in total.